The number of hydrogen-bond acceptors (Lipinski definition) is 3. The van der Waals surface area contributed by atoms with Crippen LogP contribution in [0.25, 0.3) is 11.0 Å². The number of carbonyl (C=O) groups excluding carboxylic acids is 1. The Balaban J connectivity index is 1.95. The number of rotatable bonds is 2. The molecule has 2 aromatic rings. The molecule has 2 unspecified atom stereocenters. The van der Waals surface area contributed by atoms with Gasteiger partial charge in [0.1, 0.15) is 0 Å². The van der Waals surface area contributed by atoms with Gasteiger partial charge in [-0.2, -0.15) is 18.3 Å². The van der Waals surface area contributed by atoms with Crippen molar-refractivity contribution in [3.05, 3.63) is 23.0 Å². The molecule has 3 rings (SSSR count). The van der Waals surface area contributed by atoms with Gasteiger partial charge < -0.3 is 5.32 Å². The van der Waals surface area contributed by atoms with Crippen LogP contribution in [-0.4, -0.2) is 32.9 Å². The van der Waals surface area contributed by atoms with Gasteiger partial charge in [0, 0.05) is 18.8 Å². The molecule has 1 N–H and O–H groups in total. The lowest BCUT2D eigenvalue weighted by atomic mass is 9.84. The number of nitrogens with one attached hydrogen (secondary N) is 1. The number of hydrogen-bond donors (Lipinski definition) is 1. The Kier molecular flexibility index (Phi) is 4.47. The monoisotopic (exact) mass is 354 g/mol. The Hall–Kier alpha value is -2.12. The lowest BCUT2D eigenvalue weighted by molar-refractivity contribution is -0.187. The molecule has 0 radical (unpaired) electrons. The normalized spacial score (nSPS) is 21.5. The van der Waals surface area contributed by atoms with E-state index in [4.69, 9.17) is 0 Å². The summed E-state index contributed by atoms with van der Waals surface area (Å²) in [4.78, 5) is 17.2. The van der Waals surface area contributed by atoms with Crippen molar-refractivity contribution in [1.29, 1.82) is 0 Å². The summed E-state index contributed by atoms with van der Waals surface area (Å²) < 4.78 is 41.3. The second-order valence-electron chi connectivity index (χ2n) is 6.73. The number of amides is 1. The van der Waals surface area contributed by atoms with Crippen molar-refractivity contribution in [3.8, 4) is 0 Å². The van der Waals surface area contributed by atoms with Crippen LogP contribution in [0.4, 0.5) is 13.2 Å². The number of pyridine rings is 1. The molecule has 0 saturated heterocycles. The third-order valence-electron chi connectivity index (χ3n) is 4.84. The van der Waals surface area contributed by atoms with Crippen molar-refractivity contribution >= 4 is 16.9 Å². The fourth-order valence-electron chi connectivity index (χ4n) is 3.69. The van der Waals surface area contributed by atoms with Crippen molar-refractivity contribution in [2.24, 2.45) is 13.0 Å². The Labute approximate surface area is 143 Å². The molecular formula is C17H21F3N4O. The van der Waals surface area contributed by atoms with E-state index in [1.165, 1.54) is 0 Å². The molecule has 1 aliphatic carbocycles. The highest BCUT2D eigenvalue weighted by Gasteiger charge is 2.46. The molecule has 2 heterocycles. The smallest absolute Gasteiger partial charge is 0.349 e. The van der Waals surface area contributed by atoms with E-state index in [0.29, 0.717) is 47.2 Å². The Morgan fingerprint density at radius 2 is 1.96 bits per heavy atom. The first-order chi connectivity index (χ1) is 11.7. The fraction of sp³-hybridized carbons (Fsp3) is 0.588. The van der Waals surface area contributed by atoms with Crippen molar-refractivity contribution in [2.45, 2.75) is 51.7 Å². The first kappa shape index (κ1) is 17.7. The molecule has 2 atom stereocenters. The van der Waals surface area contributed by atoms with E-state index < -0.39 is 24.0 Å². The van der Waals surface area contributed by atoms with E-state index in [2.05, 4.69) is 15.4 Å². The third-order valence-corrected chi connectivity index (χ3v) is 4.84. The number of alkyl halides is 3. The maximum absolute atomic E-state index is 13.3. The van der Waals surface area contributed by atoms with Gasteiger partial charge in [-0.05, 0) is 32.8 Å². The SMILES string of the molecule is Cc1cc(C(=O)NC2CCCCC2C(F)(F)F)c2c(C)nn(C)c2n1. The van der Waals surface area contributed by atoms with Gasteiger partial charge in [-0.3, -0.25) is 9.48 Å². The van der Waals surface area contributed by atoms with Gasteiger partial charge in [-0.1, -0.05) is 12.8 Å². The Morgan fingerprint density at radius 1 is 1.28 bits per heavy atom. The third kappa shape index (κ3) is 3.34. The summed E-state index contributed by atoms with van der Waals surface area (Å²) in [6, 6.07) is 0.722. The molecule has 5 nitrogen and oxygen atoms in total. The summed E-state index contributed by atoms with van der Waals surface area (Å²) in [5, 5.41) is 7.48. The van der Waals surface area contributed by atoms with E-state index in [0.717, 1.165) is 0 Å². The van der Waals surface area contributed by atoms with Crippen molar-refractivity contribution in [2.75, 3.05) is 0 Å². The summed E-state index contributed by atoms with van der Waals surface area (Å²) in [5.74, 6) is -1.98. The van der Waals surface area contributed by atoms with Crippen molar-refractivity contribution < 1.29 is 18.0 Å². The van der Waals surface area contributed by atoms with Crippen LogP contribution in [0.3, 0.4) is 0 Å². The van der Waals surface area contributed by atoms with Gasteiger partial charge >= 0.3 is 6.18 Å². The number of aromatic nitrogens is 3. The highest BCUT2D eigenvalue weighted by molar-refractivity contribution is 6.06. The van der Waals surface area contributed by atoms with E-state index in [-0.39, 0.29) is 6.42 Å². The first-order valence-corrected chi connectivity index (χ1v) is 8.37. The standard InChI is InChI=1S/C17H21F3N4O/c1-9-8-11(14-10(2)23-24(3)15(14)21-9)16(25)22-13-7-5-4-6-12(13)17(18,19)20/h8,12-13H,4-7H2,1-3H3,(H,22,25). The highest BCUT2D eigenvalue weighted by Crippen LogP contribution is 2.38. The average molecular weight is 354 g/mol. The fourth-order valence-corrected chi connectivity index (χ4v) is 3.69. The molecule has 1 fully saturated rings. The molecule has 1 amide bonds. The molecule has 25 heavy (non-hydrogen) atoms. The second-order valence-corrected chi connectivity index (χ2v) is 6.73. The van der Waals surface area contributed by atoms with Crippen LogP contribution < -0.4 is 5.32 Å². The molecular weight excluding hydrogens is 333 g/mol. The molecule has 0 aromatic carbocycles. The minimum absolute atomic E-state index is 0.0607. The molecule has 136 valence electrons. The van der Waals surface area contributed by atoms with Gasteiger partial charge in [0.15, 0.2) is 5.65 Å². The van der Waals surface area contributed by atoms with Crippen LogP contribution in [0.15, 0.2) is 6.07 Å². The zero-order valence-corrected chi connectivity index (χ0v) is 14.4. The Morgan fingerprint density at radius 3 is 2.64 bits per heavy atom. The number of nitrogens with zero attached hydrogens (tertiary/aromatic N) is 3. The number of carbonyl (C=O) groups is 1. The summed E-state index contributed by atoms with van der Waals surface area (Å²) in [5.41, 5.74) is 2.14. The first-order valence-electron chi connectivity index (χ1n) is 8.37. The van der Waals surface area contributed by atoms with E-state index in [1.54, 1.807) is 31.6 Å². The van der Waals surface area contributed by atoms with Crippen LogP contribution >= 0.6 is 0 Å². The van der Waals surface area contributed by atoms with Gasteiger partial charge in [-0.15, -0.1) is 0 Å². The average Bonchev–Trinajstić information content (AvgIpc) is 2.80. The molecule has 0 aliphatic heterocycles. The molecule has 8 heteroatoms. The van der Waals surface area contributed by atoms with Crippen LogP contribution in [0.2, 0.25) is 0 Å². The maximum atomic E-state index is 13.3. The lowest BCUT2D eigenvalue weighted by Gasteiger charge is -2.33. The lowest BCUT2D eigenvalue weighted by Crippen LogP contribution is -2.47. The minimum Gasteiger partial charge on any atom is -0.349 e. The molecule has 1 saturated carbocycles. The number of halogens is 3. The van der Waals surface area contributed by atoms with Gasteiger partial charge in [0.25, 0.3) is 5.91 Å². The van der Waals surface area contributed by atoms with Crippen LogP contribution in [-0.2, 0) is 7.05 Å². The summed E-state index contributed by atoms with van der Waals surface area (Å²) >= 11 is 0. The minimum atomic E-state index is -4.30. The van der Waals surface area contributed by atoms with E-state index in [1.807, 2.05) is 0 Å². The Bertz CT molecular complexity index is 812. The topological polar surface area (TPSA) is 59.8 Å². The van der Waals surface area contributed by atoms with Gasteiger partial charge in [0.2, 0.25) is 0 Å². The zero-order valence-electron chi connectivity index (χ0n) is 14.4. The van der Waals surface area contributed by atoms with Gasteiger partial charge in [-0.25, -0.2) is 4.98 Å². The van der Waals surface area contributed by atoms with E-state index >= 15 is 0 Å². The van der Waals surface area contributed by atoms with Crippen LogP contribution in [0, 0.1) is 19.8 Å². The summed E-state index contributed by atoms with van der Waals surface area (Å²) in [6.07, 6.45) is -2.67. The predicted octanol–water partition coefficient (Wildman–Crippen LogP) is 3.44. The molecule has 0 bridgehead atoms. The zero-order chi connectivity index (χ0) is 18.4. The van der Waals surface area contributed by atoms with Gasteiger partial charge in [0.05, 0.1) is 22.6 Å². The van der Waals surface area contributed by atoms with Crippen molar-refractivity contribution in [1.82, 2.24) is 20.1 Å². The van der Waals surface area contributed by atoms with Crippen LogP contribution in [0.5, 0.6) is 0 Å². The molecule has 0 spiro atoms. The molecule has 2 aromatic heterocycles. The summed E-state index contributed by atoms with van der Waals surface area (Å²) in [6.45, 7) is 3.51. The largest absolute Gasteiger partial charge is 0.393 e. The maximum Gasteiger partial charge on any atom is 0.393 e. The second kappa shape index (κ2) is 6.31. The van der Waals surface area contributed by atoms with E-state index in [9.17, 15) is 18.0 Å². The number of aryl methyl sites for hydroxylation is 3. The predicted molar refractivity (Wildman–Crippen MR) is 87.3 cm³/mol. The number of fused-ring (bicyclic) bond motifs is 1. The van der Waals surface area contributed by atoms with Crippen molar-refractivity contribution in [3.63, 3.8) is 0 Å². The summed E-state index contributed by atoms with van der Waals surface area (Å²) in [7, 11) is 1.73. The molecule has 1 aliphatic rings. The van der Waals surface area contributed by atoms with Crippen LogP contribution in [0.1, 0.15) is 47.4 Å². The highest BCUT2D eigenvalue weighted by atomic mass is 19.4. The quantitative estimate of drug-likeness (QED) is 0.899.